The molecule has 0 spiro atoms. The Kier molecular flexibility index (Phi) is 4.84. The van der Waals surface area contributed by atoms with E-state index in [9.17, 15) is 0 Å². The van der Waals surface area contributed by atoms with Crippen molar-refractivity contribution in [2.45, 2.75) is 19.9 Å². The van der Waals surface area contributed by atoms with Crippen LogP contribution in [0.3, 0.4) is 0 Å². The first-order valence-electron chi connectivity index (χ1n) is 5.85. The number of thiophene rings is 1. The molecule has 1 aromatic carbocycles. The van der Waals surface area contributed by atoms with E-state index in [1.54, 1.807) is 11.3 Å². The zero-order valence-electron chi connectivity index (χ0n) is 10.3. The number of halogens is 2. The molecule has 0 saturated carbocycles. The summed E-state index contributed by atoms with van der Waals surface area (Å²) in [5, 5.41) is 6.41. The molecular formula is C14H15BrClNS. The molecule has 1 unspecified atom stereocenters. The van der Waals surface area contributed by atoms with Gasteiger partial charge in [0.1, 0.15) is 0 Å². The van der Waals surface area contributed by atoms with Crippen molar-refractivity contribution in [3.8, 4) is 0 Å². The Morgan fingerprint density at radius 3 is 2.72 bits per heavy atom. The summed E-state index contributed by atoms with van der Waals surface area (Å²) in [6.45, 7) is 5.11. The monoisotopic (exact) mass is 343 g/mol. The molecule has 0 aliphatic rings. The maximum atomic E-state index is 6.16. The normalized spacial score (nSPS) is 12.7. The van der Waals surface area contributed by atoms with E-state index in [2.05, 4.69) is 52.6 Å². The Morgan fingerprint density at radius 2 is 2.17 bits per heavy atom. The van der Waals surface area contributed by atoms with Crippen molar-refractivity contribution >= 4 is 38.9 Å². The van der Waals surface area contributed by atoms with E-state index in [1.807, 2.05) is 12.1 Å². The third-order valence-electron chi connectivity index (χ3n) is 2.71. The lowest BCUT2D eigenvalue weighted by atomic mass is 10.0. The minimum atomic E-state index is 0.196. The summed E-state index contributed by atoms with van der Waals surface area (Å²) >= 11 is 11.5. The molecule has 1 N–H and O–H groups in total. The molecule has 0 aliphatic heterocycles. The van der Waals surface area contributed by atoms with Gasteiger partial charge < -0.3 is 5.32 Å². The first-order valence-corrected chi connectivity index (χ1v) is 7.90. The van der Waals surface area contributed by atoms with Gasteiger partial charge in [-0.1, -0.05) is 24.6 Å². The SMILES string of the molecule is CCNC(c1cc(C)cc(Cl)c1)c1sccc1Br. The van der Waals surface area contributed by atoms with Gasteiger partial charge in [0.15, 0.2) is 0 Å². The van der Waals surface area contributed by atoms with E-state index in [0.29, 0.717) is 0 Å². The maximum absolute atomic E-state index is 6.16. The Hall–Kier alpha value is -0.350. The van der Waals surface area contributed by atoms with Gasteiger partial charge in [-0.25, -0.2) is 0 Å². The quantitative estimate of drug-likeness (QED) is 0.806. The predicted molar refractivity (Wildman–Crippen MR) is 83.7 cm³/mol. The summed E-state index contributed by atoms with van der Waals surface area (Å²) in [6.07, 6.45) is 0. The number of rotatable bonds is 4. The Bertz CT molecular complexity index is 518. The molecule has 0 aliphatic carbocycles. The van der Waals surface area contributed by atoms with Crippen molar-refractivity contribution < 1.29 is 0 Å². The van der Waals surface area contributed by atoms with Gasteiger partial charge in [-0.2, -0.15) is 0 Å². The molecular weight excluding hydrogens is 330 g/mol. The fraction of sp³-hybridized carbons (Fsp3) is 0.286. The highest BCUT2D eigenvalue weighted by atomic mass is 79.9. The fourth-order valence-electron chi connectivity index (χ4n) is 2.01. The molecule has 1 atom stereocenters. The van der Waals surface area contributed by atoms with Crippen molar-refractivity contribution in [1.29, 1.82) is 0 Å². The molecule has 96 valence electrons. The van der Waals surface area contributed by atoms with Gasteiger partial charge in [0.25, 0.3) is 0 Å². The van der Waals surface area contributed by atoms with Crippen molar-refractivity contribution in [3.63, 3.8) is 0 Å². The highest BCUT2D eigenvalue weighted by Gasteiger charge is 2.17. The van der Waals surface area contributed by atoms with E-state index in [-0.39, 0.29) is 6.04 Å². The van der Waals surface area contributed by atoms with Crippen LogP contribution in [0.4, 0.5) is 0 Å². The van der Waals surface area contributed by atoms with E-state index >= 15 is 0 Å². The highest BCUT2D eigenvalue weighted by molar-refractivity contribution is 9.10. The molecule has 0 radical (unpaired) electrons. The molecule has 0 amide bonds. The summed E-state index contributed by atoms with van der Waals surface area (Å²) in [4.78, 5) is 1.29. The second-order valence-corrected chi connectivity index (χ2v) is 6.42. The average Bonchev–Trinajstić information content (AvgIpc) is 2.71. The number of hydrogen-bond acceptors (Lipinski definition) is 2. The molecule has 0 fully saturated rings. The van der Waals surface area contributed by atoms with Crippen molar-refractivity contribution in [2.24, 2.45) is 0 Å². The highest BCUT2D eigenvalue weighted by Crippen LogP contribution is 2.34. The molecule has 18 heavy (non-hydrogen) atoms. The molecule has 1 aromatic heterocycles. The third kappa shape index (κ3) is 3.15. The lowest BCUT2D eigenvalue weighted by molar-refractivity contribution is 0.637. The van der Waals surface area contributed by atoms with Crippen LogP contribution >= 0.6 is 38.9 Å². The van der Waals surface area contributed by atoms with Crippen molar-refractivity contribution in [1.82, 2.24) is 5.32 Å². The van der Waals surface area contributed by atoms with E-state index in [4.69, 9.17) is 11.6 Å². The van der Waals surface area contributed by atoms with Crippen LogP contribution in [0.15, 0.2) is 34.1 Å². The minimum absolute atomic E-state index is 0.196. The van der Waals surface area contributed by atoms with Crippen LogP contribution < -0.4 is 5.32 Å². The zero-order chi connectivity index (χ0) is 13.1. The fourth-order valence-corrected chi connectivity index (χ4v) is 4.01. The smallest absolute Gasteiger partial charge is 0.0683 e. The number of aryl methyl sites for hydroxylation is 1. The number of nitrogens with one attached hydrogen (secondary N) is 1. The summed E-state index contributed by atoms with van der Waals surface area (Å²) in [6, 6.07) is 8.49. The molecule has 0 bridgehead atoms. The predicted octanol–water partition coefficient (Wildman–Crippen LogP) is 5.17. The van der Waals surface area contributed by atoms with Crippen molar-refractivity contribution in [3.05, 3.63) is 55.1 Å². The zero-order valence-corrected chi connectivity index (χ0v) is 13.5. The molecule has 1 nitrogen and oxygen atoms in total. The third-order valence-corrected chi connectivity index (χ3v) is 4.87. The van der Waals surface area contributed by atoms with Crippen LogP contribution in [0.25, 0.3) is 0 Å². The van der Waals surface area contributed by atoms with Crippen LogP contribution in [0.2, 0.25) is 5.02 Å². The first kappa shape index (κ1) is 14.1. The van der Waals surface area contributed by atoms with Crippen LogP contribution in [0.5, 0.6) is 0 Å². The van der Waals surface area contributed by atoms with Gasteiger partial charge in [-0.05, 0) is 64.1 Å². The molecule has 2 aromatic rings. The Labute approximate surface area is 125 Å². The number of hydrogen-bond donors (Lipinski definition) is 1. The van der Waals surface area contributed by atoms with Gasteiger partial charge in [0.05, 0.1) is 6.04 Å². The summed E-state index contributed by atoms with van der Waals surface area (Å²) in [5.74, 6) is 0. The maximum Gasteiger partial charge on any atom is 0.0683 e. The van der Waals surface area contributed by atoms with Crippen molar-refractivity contribution in [2.75, 3.05) is 6.54 Å². The van der Waals surface area contributed by atoms with Gasteiger partial charge in [0.2, 0.25) is 0 Å². The van der Waals surface area contributed by atoms with Gasteiger partial charge in [-0.3, -0.25) is 0 Å². The van der Waals surface area contributed by atoms with E-state index < -0.39 is 0 Å². The van der Waals surface area contributed by atoms with Crippen LogP contribution in [0.1, 0.15) is 29.0 Å². The summed E-state index contributed by atoms with van der Waals surface area (Å²) < 4.78 is 1.15. The van der Waals surface area contributed by atoms with Crippen LogP contribution in [0, 0.1) is 6.92 Å². The molecule has 4 heteroatoms. The lowest BCUT2D eigenvalue weighted by Gasteiger charge is -2.18. The topological polar surface area (TPSA) is 12.0 Å². The Balaban J connectivity index is 2.44. The molecule has 0 saturated heterocycles. The van der Waals surface area contributed by atoms with E-state index in [1.165, 1.54) is 16.0 Å². The Morgan fingerprint density at radius 1 is 1.39 bits per heavy atom. The van der Waals surface area contributed by atoms with Gasteiger partial charge >= 0.3 is 0 Å². The molecule has 1 heterocycles. The lowest BCUT2D eigenvalue weighted by Crippen LogP contribution is -2.21. The molecule has 2 rings (SSSR count). The largest absolute Gasteiger partial charge is 0.306 e. The number of benzene rings is 1. The second kappa shape index (κ2) is 6.20. The first-order chi connectivity index (χ1) is 8.61. The average molecular weight is 345 g/mol. The summed E-state index contributed by atoms with van der Waals surface area (Å²) in [7, 11) is 0. The second-order valence-electron chi connectivity index (χ2n) is 4.19. The van der Waals surface area contributed by atoms with Gasteiger partial charge in [0, 0.05) is 14.4 Å². The standard InChI is InChI=1S/C14H15BrClNS/c1-3-17-13(14-12(15)4-5-18-14)10-6-9(2)7-11(16)8-10/h4-8,13,17H,3H2,1-2H3. The minimum Gasteiger partial charge on any atom is -0.306 e. The van der Waals surface area contributed by atoms with Gasteiger partial charge in [-0.15, -0.1) is 11.3 Å². The summed E-state index contributed by atoms with van der Waals surface area (Å²) in [5.41, 5.74) is 2.40. The van der Waals surface area contributed by atoms with Crippen LogP contribution in [-0.2, 0) is 0 Å². The van der Waals surface area contributed by atoms with Crippen LogP contribution in [-0.4, -0.2) is 6.54 Å². The van der Waals surface area contributed by atoms with E-state index in [0.717, 1.165) is 16.0 Å².